The molecule has 6 heteroatoms. The zero-order valence-corrected chi connectivity index (χ0v) is 15.8. The second-order valence-corrected chi connectivity index (χ2v) is 7.05. The van der Waals surface area contributed by atoms with Crippen LogP contribution >= 0.6 is 11.6 Å². The van der Waals surface area contributed by atoms with Gasteiger partial charge in [-0.25, -0.2) is 0 Å². The van der Waals surface area contributed by atoms with Crippen LogP contribution in [0.15, 0.2) is 54.6 Å². The highest BCUT2D eigenvalue weighted by atomic mass is 35.5. The minimum atomic E-state index is -0.420. The molecule has 2 aromatic rings. The maximum atomic E-state index is 13.0. The summed E-state index contributed by atoms with van der Waals surface area (Å²) in [5, 5.41) is 9.85. The van der Waals surface area contributed by atoms with Crippen LogP contribution in [0.3, 0.4) is 0 Å². The summed E-state index contributed by atoms with van der Waals surface area (Å²) in [6.45, 7) is 0.993. The van der Waals surface area contributed by atoms with E-state index in [-0.39, 0.29) is 31.4 Å². The Morgan fingerprint density at radius 1 is 1.11 bits per heavy atom. The number of rotatable bonds is 7. The van der Waals surface area contributed by atoms with E-state index in [9.17, 15) is 14.7 Å². The first-order valence-electron chi connectivity index (χ1n) is 9.08. The standard InChI is InChI=1S/C21H23ClN2O3/c22-18-8-4-5-9-19(18)24-15-17(14-20(24)26)21(27)23(12-13-25)11-10-16-6-2-1-3-7-16/h1-9,17,25H,10-15H2. The summed E-state index contributed by atoms with van der Waals surface area (Å²) in [4.78, 5) is 28.7. The molecule has 3 rings (SSSR count). The van der Waals surface area contributed by atoms with E-state index in [4.69, 9.17) is 11.6 Å². The molecule has 1 aliphatic heterocycles. The predicted molar refractivity (Wildman–Crippen MR) is 106 cm³/mol. The summed E-state index contributed by atoms with van der Waals surface area (Å²) in [5.41, 5.74) is 1.77. The largest absolute Gasteiger partial charge is 0.395 e. The molecule has 1 aliphatic rings. The van der Waals surface area contributed by atoms with Crippen molar-refractivity contribution in [3.63, 3.8) is 0 Å². The third-order valence-corrected chi connectivity index (χ3v) is 5.13. The highest BCUT2D eigenvalue weighted by Crippen LogP contribution is 2.31. The molecule has 0 aromatic heterocycles. The van der Waals surface area contributed by atoms with Crippen LogP contribution in [0.4, 0.5) is 5.69 Å². The summed E-state index contributed by atoms with van der Waals surface area (Å²) in [6, 6.07) is 17.1. The van der Waals surface area contributed by atoms with Crippen molar-refractivity contribution in [3.8, 4) is 0 Å². The number of hydrogen-bond donors (Lipinski definition) is 1. The van der Waals surface area contributed by atoms with Crippen molar-refractivity contribution in [2.45, 2.75) is 12.8 Å². The number of carbonyl (C=O) groups is 2. The fourth-order valence-corrected chi connectivity index (χ4v) is 3.63. The van der Waals surface area contributed by atoms with E-state index in [2.05, 4.69) is 0 Å². The molecule has 1 heterocycles. The van der Waals surface area contributed by atoms with Crippen LogP contribution in [0.25, 0.3) is 0 Å². The first kappa shape index (κ1) is 19.4. The Hall–Kier alpha value is -2.37. The van der Waals surface area contributed by atoms with Gasteiger partial charge in [-0.2, -0.15) is 0 Å². The molecular formula is C21H23ClN2O3. The number of hydrogen-bond acceptors (Lipinski definition) is 3. The molecule has 142 valence electrons. The van der Waals surface area contributed by atoms with Gasteiger partial charge >= 0.3 is 0 Å². The van der Waals surface area contributed by atoms with Crippen molar-refractivity contribution in [1.29, 1.82) is 0 Å². The maximum absolute atomic E-state index is 13.0. The van der Waals surface area contributed by atoms with Gasteiger partial charge in [-0.3, -0.25) is 9.59 Å². The Kier molecular flexibility index (Phi) is 6.48. The molecule has 27 heavy (non-hydrogen) atoms. The molecule has 5 nitrogen and oxygen atoms in total. The van der Waals surface area contributed by atoms with Gasteiger partial charge in [0.25, 0.3) is 0 Å². The predicted octanol–water partition coefficient (Wildman–Crippen LogP) is 2.76. The minimum Gasteiger partial charge on any atom is -0.395 e. The molecule has 0 aliphatic carbocycles. The van der Waals surface area contributed by atoms with Gasteiger partial charge < -0.3 is 14.9 Å². The van der Waals surface area contributed by atoms with Gasteiger partial charge in [0.1, 0.15) is 0 Å². The van der Waals surface area contributed by atoms with Crippen LogP contribution in [-0.2, 0) is 16.0 Å². The smallest absolute Gasteiger partial charge is 0.228 e. The molecule has 1 N–H and O–H groups in total. The Morgan fingerprint density at radius 3 is 2.52 bits per heavy atom. The highest BCUT2D eigenvalue weighted by molar-refractivity contribution is 6.33. The fourth-order valence-electron chi connectivity index (χ4n) is 3.40. The Bertz CT molecular complexity index is 797. The van der Waals surface area contributed by atoms with Gasteiger partial charge in [0, 0.05) is 26.1 Å². The molecule has 2 amide bonds. The summed E-state index contributed by atoms with van der Waals surface area (Å²) in [6.07, 6.45) is 0.874. The second kappa shape index (κ2) is 9.02. The van der Waals surface area contributed by atoms with Gasteiger partial charge in [0.2, 0.25) is 11.8 Å². The third-order valence-electron chi connectivity index (χ3n) is 4.81. The normalized spacial score (nSPS) is 16.6. The number of halogens is 1. The van der Waals surface area contributed by atoms with Gasteiger partial charge in [0.05, 0.1) is 23.2 Å². The molecule has 0 saturated carbocycles. The molecular weight excluding hydrogens is 364 g/mol. The molecule has 2 aromatic carbocycles. The van der Waals surface area contributed by atoms with Crippen LogP contribution in [-0.4, -0.2) is 48.1 Å². The monoisotopic (exact) mass is 386 g/mol. The van der Waals surface area contributed by atoms with Gasteiger partial charge in [-0.15, -0.1) is 0 Å². The van der Waals surface area contributed by atoms with Gasteiger partial charge in [-0.05, 0) is 24.1 Å². The minimum absolute atomic E-state index is 0.0946. The molecule has 0 spiro atoms. The van der Waals surface area contributed by atoms with Gasteiger partial charge in [-0.1, -0.05) is 54.1 Å². The Balaban J connectivity index is 1.67. The molecule has 0 bridgehead atoms. The van der Waals surface area contributed by atoms with Crippen molar-refractivity contribution in [2.24, 2.45) is 5.92 Å². The Morgan fingerprint density at radius 2 is 1.81 bits per heavy atom. The van der Waals surface area contributed by atoms with Crippen LogP contribution in [0, 0.1) is 5.92 Å². The molecule has 1 unspecified atom stereocenters. The zero-order valence-electron chi connectivity index (χ0n) is 15.1. The quantitative estimate of drug-likeness (QED) is 0.796. The number of benzene rings is 2. The fraction of sp³-hybridized carbons (Fsp3) is 0.333. The summed E-state index contributed by atoms with van der Waals surface area (Å²) >= 11 is 6.20. The van der Waals surface area contributed by atoms with Crippen LogP contribution < -0.4 is 4.90 Å². The first-order valence-corrected chi connectivity index (χ1v) is 9.46. The van der Waals surface area contributed by atoms with Crippen LogP contribution in [0.5, 0.6) is 0 Å². The SMILES string of the molecule is O=C(C1CC(=O)N(c2ccccc2Cl)C1)N(CCO)CCc1ccccc1. The number of carbonyl (C=O) groups excluding carboxylic acids is 2. The van der Waals surface area contributed by atoms with E-state index in [0.29, 0.717) is 30.2 Å². The summed E-state index contributed by atoms with van der Waals surface area (Å²) < 4.78 is 0. The van der Waals surface area contributed by atoms with E-state index in [1.165, 1.54) is 0 Å². The van der Waals surface area contributed by atoms with E-state index in [1.54, 1.807) is 21.9 Å². The lowest BCUT2D eigenvalue weighted by molar-refractivity contribution is -0.136. The third kappa shape index (κ3) is 4.67. The van der Waals surface area contributed by atoms with Crippen molar-refractivity contribution in [1.82, 2.24) is 4.90 Å². The molecule has 0 radical (unpaired) electrons. The first-order chi connectivity index (χ1) is 13.1. The highest BCUT2D eigenvalue weighted by Gasteiger charge is 2.37. The van der Waals surface area contributed by atoms with Gasteiger partial charge in [0.15, 0.2) is 0 Å². The number of para-hydroxylation sites is 1. The summed E-state index contributed by atoms with van der Waals surface area (Å²) in [7, 11) is 0. The lowest BCUT2D eigenvalue weighted by Crippen LogP contribution is -2.40. The van der Waals surface area contributed by atoms with Crippen molar-refractivity contribution in [2.75, 3.05) is 31.1 Å². The number of aliphatic hydroxyl groups excluding tert-OH is 1. The topological polar surface area (TPSA) is 60.9 Å². The van der Waals surface area contributed by atoms with Crippen molar-refractivity contribution < 1.29 is 14.7 Å². The van der Waals surface area contributed by atoms with Crippen LogP contribution in [0.2, 0.25) is 5.02 Å². The lowest BCUT2D eigenvalue weighted by atomic mass is 10.1. The second-order valence-electron chi connectivity index (χ2n) is 6.64. The lowest BCUT2D eigenvalue weighted by Gasteiger charge is -2.25. The average Bonchev–Trinajstić information content (AvgIpc) is 3.07. The average molecular weight is 387 g/mol. The van der Waals surface area contributed by atoms with E-state index >= 15 is 0 Å². The van der Waals surface area contributed by atoms with Crippen molar-refractivity contribution >= 4 is 29.1 Å². The maximum Gasteiger partial charge on any atom is 0.228 e. The molecule has 1 saturated heterocycles. The Labute approximate surface area is 164 Å². The zero-order chi connectivity index (χ0) is 19.2. The van der Waals surface area contributed by atoms with E-state index in [1.807, 2.05) is 42.5 Å². The number of anilines is 1. The molecule has 1 atom stereocenters. The van der Waals surface area contributed by atoms with E-state index in [0.717, 1.165) is 5.56 Å². The van der Waals surface area contributed by atoms with E-state index < -0.39 is 5.92 Å². The van der Waals surface area contributed by atoms with Crippen LogP contribution in [0.1, 0.15) is 12.0 Å². The molecule has 1 fully saturated rings. The van der Waals surface area contributed by atoms with Crippen molar-refractivity contribution in [3.05, 3.63) is 65.2 Å². The number of aliphatic hydroxyl groups is 1. The summed E-state index contributed by atoms with van der Waals surface area (Å²) in [5.74, 6) is -0.618. The number of amides is 2. The number of nitrogens with zero attached hydrogens (tertiary/aromatic N) is 2.